The van der Waals surface area contributed by atoms with E-state index in [1.165, 1.54) is 7.11 Å². The average Bonchev–Trinajstić information content (AvgIpc) is 2.47. The van der Waals surface area contributed by atoms with Crippen LogP contribution >= 0.6 is 12.4 Å². The van der Waals surface area contributed by atoms with E-state index in [4.69, 9.17) is 10.5 Å². The molecule has 21 heavy (non-hydrogen) atoms. The molecule has 1 aromatic carbocycles. The number of esters is 1. The van der Waals surface area contributed by atoms with Gasteiger partial charge in [0.2, 0.25) is 5.91 Å². The summed E-state index contributed by atoms with van der Waals surface area (Å²) in [5, 5.41) is 2.75. The minimum absolute atomic E-state index is 0. The van der Waals surface area contributed by atoms with Gasteiger partial charge in [-0.1, -0.05) is 6.92 Å². The molecule has 3 N–H and O–H groups in total. The van der Waals surface area contributed by atoms with Gasteiger partial charge in [-0.25, -0.2) is 0 Å². The Bertz CT molecular complexity index is 451. The topological polar surface area (TPSA) is 90.6 Å². The number of nitrogens with two attached hydrogens (primary N) is 1. The summed E-state index contributed by atoms with van der Waals surface area (Å²) in [5.41, 5.74) is 6.10. The summed E-state index contributed by atoms with van der Waals surface area (Å²) in [6.07, 6.45) is 0.197. The molecular formula is C14H21ClN2O4. The van der Waals surface area contributed by atoms with Gasteiger partial charge in [0, 0.05) is 18.2 Å². The van der Waals surface area contributed by atoms with Crippen molar-refractivity contribution in [3.8, 4) is 5.75 Å². The van der Waals surface area contributed by atoms with Crippen molar-refractivity contribution in [2.24, 2.45) is 11.7 Å². The zero-order valence-corrected chi connectivity index (χ0v) is 12.9. The van der Waals surface area contributed by atoms with Crippen molar-refractivity contribution in [1.29, 1.82) is 0 Å². The SMILES string of the molecule is COC(=O)CCOc1ccc(NC(=O)C(C)CN)cc1.Cl. The zero-order valence-electron chi connectivity index (χ0n) is 12.1. The molecule has 0 aromatic heterocycles. The molecule has 6 nitrogen and oxygen atoms in total. The lowest BCUT2D eigenvalue weighted by Crippen LogP contribution is -2.26. The Morgan fingerprint density at radius 2 is 1.90 bits per heavy atom. The second-order valence-corrected chi connectivity index (χ2v) is 4.32. The summed E-state index contributed by atoms with van der Waals surface area (Å²) in [6.45, 7) is 2.32. The van der Waals surface area contributed by atoms with Crippen LogP contribution in [-0.2, 0) is 14.3 Å². The molecule has 0 saturated heterocycles. The molecule has 0 fully saturated rings. The molecule has 0 aliphatic rings. The van der Waals surface area contributed by atoms with Crippen molar-refractivity contribution >= 4 is 30.0 Å². The molecule has 1 rings (SSSR count). The zero-order chi connectivity index (χ0) is 15.0. The monoisotopic (exact) mass is 316 g/mol. The number of methoxy groups -OCH3 is 1. The Hall–Kier alpha value is -1.79. The molecule has 0 aliphatic heterocycles. The Morgan fingerprint density at radius 1 is 1.29 bits per heavy atom. The maximum Gasteiger partial charge on any atom is 0.308 e. The lowest BCUT2D eigenvalue weighted by molar-refractivity contribution is -0.141. The van der Waals surface area contributed by atoms with E-state index in [-0.39, 0.29) is 43.2 Å². The van der Waals surface area contributed by atoms with E-state index in [1.54, 1.807) is 31.2 Å². The summed E-state index contributed by atoms with van der Waals surface area (Å²) in [6, 6.07) is 6.91. The van der Waals surface area contributed by atoms with Crippen molar-refractivity contribution < 1.29 is 19.1 Å². The Balaban J connectivity index is 0.00000400. The van der Waals surface area contributed by atoms with Crippen LogP contribution in [0.2, 0.25) is 0 Å². The molecular weight excluding hydrogens is 296 g/mol. The number of carbonyl (C=O) groups is 2. The second-order valence-electron chi connectivity index (χ2n) is 4.32. The number of hydrogen-bond acceptors (Lipinski definition) is 5. The smallest absolute Gasteiger partial charge is 0.308 e. The second kappa shape index (κ2) is 10.0. The number of ether oxygens (including phenoxy) is 2. The van der Waals surface area contributed by atoms with E-state index in [2.05, 4.69) is 10.1 Å². The summed E-state index contributed by atoms with van der Waals surface area (Å²) in [5.74, 6) is -0.0405. The summed E-state index contributed by atoms with van der Waals surface area (Å²) in [7, 11) is 1.34. The van der Waals surface area contributed by atoms with Gasteiger partial charge in [-0.3, -0.25) is 9.59 Å². The number of nitrogens with one attached hydrogen (secondary N) is 1. The lowest BCUT2D eigenvalue weighted by Gasteiger charge is -2.10. The first kappa shape index (κ1) is 19.2. The molecule has 0 heterocycles. The highest BCUT2D eigenvalue weighted by molar-refractivity contribution is 5.92. The van der Waals surface area contributed by atoms with Gasteiger partial charge in [0.1, 0.15) is 5.75 Å². The van der Waals surface area contributed by atoms with Gasteiger partial charge in [0.15, 0.2) is 0 Å². The third-order valence-corrected chi connectivity index (χ3v) is 2.73. The van der Waals surface area contributed by atoms with Crippen LogP contribution in [0.25, 0.3) is 0 Å². The van der Waals surface area contributed by atoms with Crippen LogP contribution in [0.15, 0.2) is 24.3 Å². The van der Waals surface area contributed by atoms with Crippen molar-refractivity contribution in [2.45, 2.75) is 13.3 Å². The Kier molecular flexibility index (Phi) is 9.16. The van der Waals surface area contributed by atoms with Gasteiger partial charge in [-0.05, 0) is 24.3 Å². The van der Waals surface area contributed by atoms with E-state index in [9.17, 15) is 9.59 Å². The van der Waals surface area contributed by atoms with Crippen LogP contribution < -0.4 is 15.8 Å². The van der Waals surface area contributed by atoms with E-state index < -0.39 is 0 Å². The first-order chi connectivity index (χ1) is 9.56. The van der Waals surface area contributed by atoms with Gasteiger partial charge in [-0.15, -0.1) is 12.4 Å². The number of anilines is 1. The quantitative estimate of drug-likeness (QED) is 0.745. The summed E-state index contributed by atoms with van der Waals surface area (Å²) in [4.78, 5) is 22.5. The Morgan fingerprint density at radius 3 is 2.43 bits per heavy atom. The third-order valence-electron chi connectivity index (χ3n) is 2.73. The number of hydrogen-bond donors (Lipinski definition) is 2. The van der Waals surface area contributed by atoms with Gasteiger partial charge in [0.25, 0.3) is 0 Å². The number of halogens is 1. The molecule has 1 amide bonds. The number of rotatable bonds is 7. The van der Waals surface area contributed by atoms with Crippen LogP contribution in [0.4, 0.5) is 5.69 Å². The fraction of sp³-hybridized carbons (Fsp3) is 0.429. The fourth-order valence-corrected chi connectivity index (χ4v) is 1.36. The predicted molar refractivity (Wildman–Crippen MR) is 82.7 cm³/mol. The van der Waals surface area contributed by atoms with Gasteiger partial charge in [0.05, 0.1) is 20.1 Å². The minimum Gasteiger partial charge on any atom is -0.493 e. The highest BCUT2D eigenvalue weighted by Crippen LogP contribution is 2.16. The van der Waals surface area contributed by atoms with Crippen molar-refractivity contribution in [3.05, 3.63) is 24.3 Å². The normalized spacial score (nSPS) is 11.0. The lowest BCUT2D eigenvalue weighted by atomic mass is 10.1. The molecule has 0 saturated carbocycles. The highest BCUT2D eigenvalue weighted by Gasteiger charge is 2.10. The fourth-order valence-electron chi connectivity index (χ4n) is 1.36. The van der Waals surface area contributed by atoms with Crippen LogP contribution in [0, 0.1) is 5.92 Å². The van der Waals surface area contributed by atoms with Crippen molar-refractivity contribution in [2.75, 3.05) is 25.6 Å². The van der Waals surface area contributed by atoms with Crippen LogP contribution in [0.1, 0.15) is 13.3 Å². The van der Waals surface area contributed by atoms with E-state index >= 15 is 0 Å². The molecule has 0 bridgehead atoms. The Labute approximate surface area is 130 Å². The molecule has 0 spiro atoms. The first-order valence-corrected chi connectivity index (χ1v) is 6.37. The van der Waals surface area contributed by atoms with Gasteiger partial charge in [-0.2, -0.15) is 0 Å². The molecule has 1 aromatic rings. The molecule has 0 aliphatic carbocycles. The van der Waals surface area contributed by atoms with Crippen molar-refractivity contribution in [1.82, 2.24) is 0 Å². The maximum absolute atomic E-state index is 11.6. The molecule has 1 atom stereocenters. The van der Waals surface area contributed by atoms with E-state index in [0.29, 0.717) is 18.0 Å². The number of amides is 1. The first-order valence-electron chi connectivity index (χ1n) is 6.37. The van der Waals surface area contributed by atoms with Crippen LogP contribution in [-0.4, -0.2) is 32.1 Å². The highest BCUT2D eigenvalue weighted by atomic mass is 35.5. The number of carbonyl (C=O) groups excluding carboxylic acids is 2. The van der Waals surface area contributed by atoms with Crippen molar-refractivity contribution in [3.63, 3.8) is 0 Å². The third kappa shape index (κ3) is 6.97. The summed E-state index contributed by atoms with van der Waals surface area (Å²) < 4.78 is 9.88. The maximum atomic E-state index is 11.6. The standard InChI is InChI=1S/C14H20N2O4.ClH/c1-10(9-15)14(18)16-11-3-5-12(6-4-11)20-8-7-13(17)19-2;/h3-6,10H,7-9,15H2,1-2H3,(H,16,18);1H. The largest absolute Gasteiger partial charge is 0.493 e. The summed E-state index contributed by atoms with van der Waals surface area (Å²) >= 11 is 0. The van der Waals surface area contributed by atoms with Gasteiger partial charge >= 0.3 is 5.97 Å². The van der Waals surface area contributed by atoms with Gasteiger partial charge < -0.3 is 20.5 Å². The molecule has 118 valence electrons. The van der Waals surface area contributed by atoms with E-state index in [0.717, 1.165) is 0 Å². The average molecular weight is 317 g/mol. The predicted octanol–water partition coefficient (Wildman–Crippen LogP) is 1.58. The van der Waals surface area contributed by atoms with Crippen LogP contribution in [0.5, 0.6) is 5.75 Å². The molecule has 0 radical (unpaired) electrons. The van der Waals surface area contributed by atoms with Crippen LogP contribution in [0.3, 0.4) is 0 Å². The molecule has 1 unspecified atom stereocenters. The minimum atomic E-state index is -0.315. The van der Waals surface area contributed by atoms with E-state index in [1.807, 2.05) is 0 Å². The number of benzene rings is 1. The molecule has 7 heteroatoms.